The summed E-state index contributed by atoms with van der Waals surface area (Å²) in [4.78, 5) is 2.58. The van der Waals surface area contributed by atoms with Crippen molar-refractivity contribution in [2.24, 2.45) is 11.3 Å². The van der Waals surface area contributed by atoms with E-state index in [1.54, 1.807) is 0 Å². The molecule has 0 spiro atoms. The summed E-state index contributed by atoms with van der Waals surface area (Å²) >= 11 is 0. The summed E-state index contributed by atoms with van der Waals surface area (Å²) in [5, 5.41) is 12.6. The van der Waals surface area contributed by atoms with Gasteiger partial charge in [0.15, 0.2) is 0 Å². The van der Waals surface area contributed by atoms with Crippen molar-refractivity contribution in [2.45, 2.75) is 40.0 Å². The lowest BCUT2D eigenvalue weighted by molar-refractivity contribution is 0.155. The Bertz CT molecular complexity index is 198. The number of piperidine rings is 1. The van der Waals surface area contributed by atoms with Gasteiger partial charge >= 0.3 is 0 Å². The average molecular weight is 242 g/mol. The molecule has 0 bridgehead atoms. The summed E-state index contributed by atoms with van der Waals surface area (Å²) in [6.45, 7) is 12.5. The SMILES string of the molecule is CC1CCN(CCCNCC(C)(C)CO)CC1. The van der Waals surface area contributed by atoms with Crippen LogP contribution in [-0.4, -0.2) is 49.3 Å². The topological polar surface area (TPSA) is 35.5 Å². The number of nitrogens with zero attached hydrogens (tertiary/aromatic N) is 1. The number of hydrogen-bond donors (Lipinski definition) is 2. The van der Waals surface area contributed by atoms with Crippen LogP contribution in [0.3, 0.4) is 0 Å². The van der Waals surface area contributed by atoms with Crippen molar-refractivity contribution >= 4 is 0 Å². The lowest BCUT2D eigenvalue weighted by atomic mass is 9.95. The van der Waals surface area contributed by atoms with E-state index in [4.69, 9.17) is 5.11 Å². The van der Waals surface area contributed by atoms with Gasteiger partial charge in [0, 0.05) is 18.6 Å². The van der Waals surface area contributed by atoms with Gasteiger partial charge in [0.2, 0.25) is 0 Å². The number of aliphatic hydroxyl groups excluding tert-OH is 1. The van der Waals surface area contributed by atoms with Gasteiger partial charge in [0.05, 0.1) is 0 Å². The van der Waals surface area contributed by atoms with Crippen LogP contribution in [0.25, 0.3) is 0 Å². The third-order valence-corrected chi connectivity index (χ3v) is 3.74. The first-order chi connectivity index (χ1) is 8.03. The Labute approximate surface area is 107 Å². The first-order valence-corrected chi connectivity index (χ1v) is 7.07. The molecule has 0 aromatic carbocycles. The highest BCUT2D eigenvalue weighted by Crippen LogP contribution is 2.15. The second-order valence-corrected chi connectivity index (χ2v) is 6.38. The summed E-state index contributed by atoms with van der Waals surface area (Å²) in [6.07, 6.45) is 3.95. The molecule has 1 aliphatic heterocycles. The van der Waals surface area contributed by atoms with Gasteiger partial charge in [-0.05, 0) is 51.4 Å². The minimum Gasteiger partial charge on any atom is -0.396 e. The lowest BCUT2D eigenvalue weighted by Crippen LogP contribution is -2.36. The first kappa shape index (κ1) is 14.9. The van der Waals surface area contributed by atoms with Crippen LogP contribution < -0.4 is 5.32 Å². The Hall–Kier alpha value is -0.120. The summed E-state index contributed by atoms with van der Waals surface area (Å²) in [5.74, 6) is 0.926. The summed E-state index contributed by atoms with van der Waals surface area (Å²) in [7, 11) is 0. The fourth-order valence-electron chi connectivity index (χ4n) is 2.20. The molecule has 17 heavy (non-hydrogen) atoms. The summed E-state index contributed by atoms with van der Waals surface area (Å²) < 4.78 is 0. The minimum absolute atomic E-state index is 0.0144. The van der Waals surface area contributed by atoms with Crippen molar-refractivity contribution in [2.75, 3.05) is 39.3 Å². The molecule has 0 amide bonds. The van der Waals surface area contributed by atoms with E-state index in [-0.39, 0.29) is 12.0 Å². The van der Waals surface area contributed by atoms with Gasteiger partial charge in [-0.1, -0.05) is 20.8 Å². The molecule has 0 aromatic heterocycles. The van der Waals surface area contributed by atoms with Gasteiger partial charge in [-0.3, -0.25) is 0 Å². The van der Waals surface area contributed by atoms with E-state index in [2.05, 4.69) is 31.0 Å². The second-order valence-electron chi connectivity index (χ2n) is 6.38. The molecule has 0 aliphatic carbocycles. The van der Waals surface area contributed by atoms with Gasteiger partial charge in [-0.2, -0.15) is 0 Å². The summed E-state index contributed by atoms with van der Waals surface area (Å²) in [6, 6.07) is 0. The van der Waals surface area contributed by atoms with E-state index < -0.39 is 0 Å². The van der Waals surface area contributed by atoms with Crippen molar-refractivity contribution in [1.82, 2.24) is 10.2 Å². The molecule has 0 radical (unpaired) electrons. The molecular weight excluding hydrogens is 212 g/mol. The predicted molar refractivity (Wildman–Crippen MR) is 73.2 cm³/mol. The quantitative estimate of drug-likeness (QED) is 0.667. The van der Waals surface area contributed by atoms with Crippen molar-refractivity contribution in [3.63, 3.8) is 0 Å². The number of nitrogens with one attached hydrogen (secondary N) is 1. The standard InChI is InChI=1S/C14H30N2O/c1-13-5-9-16(10-6-13)8-4-7-15-11-14(2,3)12-17/h13,15,17H,4-12H2,1-3H3. The van der Waals surface area contributed by atoms with Crippen LogP contribution >= 0.6 is 0 Å². The van der Waals surface area contributed by atoms with E-state index in [0.29, 0.717) is 0 Å². The predicted octanol–water partition coefficient (Wildman–Crippen LogP) is 1.72. The lowest BCUT2D eigenvalue weighted by Gasteiger charge is -2.30. The van der Waals surface area contributed by atoms with Crippen LogP contribution in [0.1, 0.15) is 40.0 Å². The highest BCUT2D eigenvalue weighted by atomic mass is 16.3. The van der Waals surface area contributed by atoms with Gasteiger partial charge in [0.1, 0.15) is 0 Å². The molecule has 102 valence electrons. The third kappa shape index (κ3) is 6.39. The van der Waals surface area contributed by atoms with E-state index in [9.17, 15) is 0 Å². The number of aliphatic hydroxyl groups is 1. The fraction of sp³-hybridized carbons (Fsp3) is 1.00. The molecule has 1 heterocycles. The smallest absolute Gasteiger partial charge is 0.0494 e. The van der Waals surface area contributed by atoms with Crippen LogP contribution in [-0.2, 0) is 0 Å². The van der Waals surface area contributed by atoms with Crippen molar-refractivity contribution in [3.05, 3.63) is 0 Å². The molecule has 0 aromatic rings. The normalized spacial score (nSPS) is 19.8. The first-order valence-electron chi connectivity index (χ1n) is 7.07. The number of rotatable bonds is 7. The van der Waals surface area contributed by atoms with Crippen molar-refractivity contribution in [3.8, 4) is 0 Å². The number of likely N-dealkylation sites (tertiary alicyclic amines) is 1. The average Bonchev–Trinajstić information content (AvgIpc) is 2.31. The Kier molecular flexibility index (Phi) is 6.45. The zero-order valence-corrected chi connectivity index (χ0v) is 11.8. The maximum absolute atomic E-state index is 9.13. The van der Waals surface area contributed by atoms with Gasteiger partial charge < -0.3 is 15.3 Å². The van der Waals surface area contributed by atoms with Crippen LogP contribution in [0.15, 0.2) is 0 Å². The molecule has 1 rings (SSSR count). The van der Waals surface area contributed by atoms with Crippen LogP contribution in [0.4, 0.5) is 0 Å². The van der Waals surface area contributed by atoms with Gasteiger partial charge in [0.25, 0.3) is 0 Å². The molecule has 0 saturated carbocycles. The summed E-state index contributed by atoms with van der Waals surface area (Å²) in [5.41, 5.74) is 0.0144. The van der Waals surface area contributed by atoms with E-state index in [0.717, 1.165) is 19.0 Å². The number of hydrogen-bond acceptors (Lipinski definition) is 3. The molecule has 2 N–H and O–H groups in total. The van der Waals surface area contributed by atoms with E-state index in [1.807, 2.05) is 0 Å². The van der Waals surface area contributed by atoms with Gasteiger partial charge in [-0.25, -0.2) is 0 Å². The Morgan fingerprint density at radius 2 is 1.94 bits per heavy atom. The highest BCUT2D eigenvalue weighted by molar-refractivity contribution is 4.71. The molecule has 0 unspecified atom stereocenters. The Morgan fingerprint density at radius 1 is 1.29 bits per heavy atom. The molecular formula is C14H30N2O. The van der Waals surface area contributed by atoms with Gasteiger partial charge in [-0.15, -0.1) is 0 Å². The highest BCUT2D eigenvalue weighted by Gasteiger charge is 2.16. The molecule has 1 saturated heterocycles. The van der Waals surface area contributed by atoms with E-state index in [1.165, 1.54) is 38.9 Å². The van der Waals surface area contributed by atoms with Crippen LogP contribution in [0.5, 0.6) is 0 Å². The minimum atomic E-state index is 0.0144. The zero-order chi connectivity index (χ0) is 12.7. The molecule has 0 atom stereocenters. The second kappa shape index (κ2) is 7.34. The monoisotopic (exact) mass is 242 g/mol. The van der Waals surface area contributed by atoms with Crippen molar-refractivity contribution < 1.29 is 5.11 Å². The third-order valence-electron chi connectivity index (χ3n) is 3.74. The Morgan fingerprint density at radius 3 is 2.53 bits per heavy atom. The van der Waals surface area contributed by atoms with Crippen molar-refractivity contribution in [1.29, 1.82) is 0 Å². The largest absolute Gasteiger partial charge is 0.396 e. The fourth-order valence-corrected chi connectivity index (χ4v) is 2.20. The molecule has 3 heteroatoms. The molecule has 1 aliphatic rings. The van der Waals surface area contributed by atoms with Crippen LogP contribution in [0.2, 0.25) is 0 Å². The Balaban J connectivity index is 1.97. The maximum atomic E-state index is 9.13. The van der Waals surface area contributed by atoms with E-state index >= 15 is 0 Å². The van der Waals surface area contributed by atoms with Crippen LogP contribution in [0, 0.1) is 11.3 Å². The zero-order valence-electron chi connectivity index (χ0n) is 11.8. The molecule has 3 nitrogen and oxygen atoms in total. The maximum Gasteiger partial charge on any atom is 0.0494 e. The molecule has 1 fully saturated rings.